The number of benzene rings is 1. The van der Waals surface area contributed by atoms with Crippen LogP contribution in [0.2, 0.25) is 0 Å². The van der Waals surface area contributed by atoms with E-state index in [4.69, 9.17) is 4.42 Å². The van der Waals surface area contributed by atoms with Crippen LogP contribution in [0, 0.1) is 13.8 Å². The third-order valence-electron chi connectivity index (χ3n) is 3.21. The Morgan fingerprint density at radius 3 is 2.57 bits per heavy atom. The van der Waals surface area contributed by atoms with E-state index in [1.165, 1.54) is 0 Å². The van der Waals surface area contributed by atoms with E-state index in [1.807, 2.05) is 42.0 Å². The lowest BCUT2D eigenvalue weighted by Gasteiger charge is -2.06. The van der Waals surface area contributed by atoms with Gasteiger partial charge in [-0.25, -0.2) is 4.98 Å². The van der Waals surface area contributed by atoms with Gasteiger partial charge in [-0.05, 0) is 44.2 Å². The van der Waals surface area contributed by atoms with E-state index >= 15 is 0 Å². The molecule has 1 amide bonds. The number of nitrogens with zero attached hydrogens (tertiary/aromatic N) is 2. The number of nitrogens with one attached hydrogen (secondary N) is 1. The van der Waals surface area contributed by atoms with Gasteiger partial charge in [0.15, 0.2) is 0 Å². The Morgan fingerprint density at radius 1 is 1.24 bits per heavy atom. The molecule has 0 aliphatic carbocycles. The molecule has 3 aromatic rings. The van der Waals surface area contributed by atoms with Gasteiger partial charge in [-0.15, -0.1) is 0 Å². The number of rotatable bonds is 3. The maximum absolute atomic E-state index is 12.2. The van der Waals surface area contributed by atoms with Crippen molar-refractivity contribution in [2.75, 3.05) is 5.32 Å². The molecule has 1 aromatic carbocycles. The average molecular weight is 281 g/mol. The Morgan fingerprint density at radius 2 is 2.00 bits per heavy atom. The van der Waals surface area contributed by atoms with Gasteiger partial charge in [0.05, 0.1) is 11.9 Å². The summed E-state index contributed by atoms with van der Waals surface area (Å²) in [5, 5.41) is 2.86. The molecule has 0 aliphatic rings. The van der Waals surface area contributed by atoms with E-state index in [2.05, 4.69) is 10.3 Å². The fourth-order valence-corrected chi connectivity index (χ4v) is 2.18. The van der Waals surface area contributed by atoms with Crippen LogP contribution in [0.15, 0.2) is 53.5 Å². The molecule has 0 saturated heterocycles. The molecule has 0 spiro atoms. The second-order valence-electron chi connectivity index (χ2n) is 4.80. The summed E-state index contributed by atoms with van der Waals surface area (Å²) in [5.41, 5.74) is 2.29. The van der Waals surface area contributed by atoms with Crippen LogP contribution in [0.4, 0.5) is 5.69 Å². The van der Waals surface area contributed by atoms with Crippen molar-refractivity contribution in [3.05, 3.63) is 66.1 Å². The highest BCUT2D eigenvalue weighted by Gasteiger charge is 2.13. The summed E-state index contributed by atoms with van der Waals surface area (Å²) in [7, 11) is 0. The normalized spacial score (nSPS) is 10.6. The maximum Gasteiger partial charge on any atom is 0.259 e. The van der Waals surface area contributed by atoms with Crippen LogP contribution < -0.4 is 5.32 Å². The first kappa shape index (κ1) is 13.2. The van der Waals surface area contributed by atoms with E-state index in [0.717, 1.165) is 17.1 Å². The van der Waals surface area contributed by atoms with Crippen molar-refractivity contribution in [1.29, 1.82) is 0 Å². The first-order valence-electron chi connectivity index (χ1n) is 6.60. The summed E-state index contributed by atoms with van der Waals surface area (Å²) in [4.78, 5) is 16.2. The summed E-state index contributed by atoms with van der Waals surface area (Å²) < 4.78 is 7.27. The first-order valence-corrected chi connectivity index (χ1v) is 6.60. The number of aromatic nitrogens is 2. The van der Waals surface area contributed by atoms with Crippen LogP contribution in [0.25, 0.3) is 5.69 Å². The predicted octanol–water partition coefficient (Wildman–Crippen LogP) is 3.33. The number of hydrogen-bond acceptors (Lipinski definition) is 3. The van der Waals surface area contributed by atoms with E-state index in [-0.39, 0.29) is 5.91 Å². The molecular weight excluding hydrogens is 266 g/mol. The molecule has 21 heavy (non-hydrogen) atoms. The Labute approximate surface area is 122 Å². The number of carbonyl (C=O) groups excluding carboxylic acids is 1. The van der Waals surface area contributed by atoms with Gasteiger partial charge in [-0.3, -0.25) is 4.79 Å². The Hall–Kier alpha value is -2.82. The summed E-state index contributed by atoms with van der Waals surface area (Å²) in [5.74, 6) is 1.19. The topological polar surface area (TPSA) is 60.1 Å². The van der Waals surface area contributed by atoms with E-state index in [1.54, 1.807) is 25.5 Å². The van der Waals surface area contributed by atoms with Crippen molar-refractivity contribution in [3.8, 4) is 5.69 Å². The van der Waals surface area contributed by atoms with Crippen molar-refractivity contribution in [2.45, 2.75) is 13.8 Å². The summed E-state index contributed by atoms with van der Waals surface area (Å²) in [6.45, 7) is 3.60. The van der Waals surface area contributed by atoms with Crippen molar-refractivity contribution in [2.24, 2.45) is 0 Å². The van der Waals surface area contributed by atoms with Gasteiger partial charge in [0.2, 0.25) is 0 Å². The molecule has 0 radical (unpaired) electrons. The number of amides is 1. The van der Waals surface area contributed by atoms with Crippen LogP contribution in [-0.2, 0) is 0 Å². The van der Waals surface area contributed by atoms with Crippen LogP contribution >= 0.6 is 0 Å². The Balaban J connectivity index is 1.76. The SMILES string of the molecule is Cc1cc(C(=O)Nc2ccc(-n3ccnc3)cc2)c(C)o1. The zero-order valence-corrected chi connectivity index (χ0v) is 11.8. The highest BCUT2D eigenvalue weighted by atomic mass is 16.3. The fraction of sp³-hybridized carbons (Fsp3) is 0.125. The van der Waals surface area contributed by atoms with E-state index in [0.29, 0.717) is 11.3 Å². The molecule has 2 heterocycles. The predicted molar refractivity (Wildman–Crippen MR) is 79.7 cm³/mol. The van der Waals surface area contributed by atoms with Gasteiger partial charge in [0.25, 0.3) is 5.91 Å². The first-order chi connectivity index (χ1) is 10.1. The number of imidazole rings is 1. The molecule has 3 rings (SSSR count). The molecule has 5 heteroatoms. The largest absolute Gasteiger partial charge is 0.466 e. The Bertz CT molecular complexity index is 755. The van der Waals surface area contributed by atoms with Crippen LogP contribution in [-0.4, -0.2) is 15.5 Å². The summed E-state index contributed by atoms with van der Waals surface area (Å²) in [6.07, 6.45) is 5.32. The molecule has 0 saturated carbocycles. The number of anilines is 1. The number of furan rings is 1. The summed E-state index contributed by atoms with van der Waals surface area (Å²) in [6, 6.07) is 9.30. The summed E-state index contributed by atoms with van der Waals surface area (Å²) >= 11 is 0. The third-order valence-corrected chi connectivity index (χ3v) is 3.21. The molecule has 2 aromatic heterocycles. The van der Waals surface area contributed by atoms with Gasteiger partial charge in [-0.2, -0.15) is 0 Å². The van der Waals surface area contributed by atoms with Crippen molar-refractivity contribution in [3.63, 3.8) is 0 Å². The monoisotopic (exact) mass is 281 g/mol. The van der Waals surface area contributed by atoms with E-state index < -0.39 is 0 Å². The van der Waals surface area contributed by atoms with Gasteiger partial charge < -0.3 is 14.3 Å². The lowest BCUT2D eigenvalue weighted by Crippen LogP contribution is -2.12. The fourth-order valence-electron chi connectivity index (χ4n) is 2.18. The second-order valence-corrected chi connectivity index (χ2v) is 4.80. The van der Waals surface area contributed by atoms with Gasteiger partial charge in [0.1, 0.15) is 11.5 Å². The number of carbonyl (C=O) groups is 1. The average Bonchev–Trinajstić information content (AvgIpc) is 3.09. The molecule has 5 nitrogen and oxygen atoms in total. The van der Waals surface area contributed by atoms with Crippen molar-refractivity contribution >= 4 is 11.6 Å². The van der Waals surface area contributed by atoms with Crippen LogP contribution in [0.5, 0.6) is 0 Å². The molecule has 0 unspecified atom stereocenters. The van der Waals surface area contributed by atoms with Crippen molar-refractivity contribution in [1.82, 2.24) is 9.55 Å². The van der Waals surface area contributed by atoms with Crippen molar-refractivity contribution < 1.29 is 9.21 Å². The molecule has 1 N–H and O–H groups in total. The standard InChI is InChI=1S/C16H15N3O2/c1-11-9-15(12(2)21-11)16(20)18-13-3-5-14(6-4-13)19-8-7-17-10-19/h3-10H,1-2H3,(H,18,20). The van der Waals surface area contributed by atoms with Gasteiger partial charge in [0, 0.05) is 23.8 Å². The highest BCUT2D eigenvalue weighted by Crippen LogP contribution is 2.17. The number of hydrogen-bond donors (Lipinski definition) is 1. The number of aryl methyl sites for hydroxylation is 2. The lowest BCUT2D eigenvalue weighted by atomic mass is 10.2. The maximum atomic E-state index is 12.2. The molecular formula is C16H15N3O2. The minimum atomic E-state index is -0.167. The molecule has 0 aliphatic heterocycles. The smallest absolute Gasteiger partial charge is 0.259 e. The second kappa shape index (κ2) is 5.28. The van der Waals surface area contributed by atoms with Crippen LogP contribution in [0.3, 0.4) is 0 Å². The molecule has 0 atom stereocenters. The van der Waals surface area contributed by atoms with Gasteiger partial charge in [-0.1, -0.05) is 0 Å². The zero-order chi connectivity index (χ0) is 14.8. The quantitative estimate of drug-likeness (QED) is 0.801. The zero-order valence-electron chi connectivity index (χ0n) is 11.8. The van der Waals surface area contributed by atoms with E-state index in [9.17, 15) is 4.79 Å². The minimum Gasteiger partial charge on any atom is -0.466 e. The van der Waals surface area contributed by atoms with Gasteiger partial charge >= 0.3 is 0 Å². The third kappa shape index (κ3) is 2.72. The Kier molecular flexibility index (Phi) is 3.31. The molecule has 0 bridgehead atoms. The van der Waals surface area contributed by atoms with Crippen LogP contribution in [0.1, 0.15) is 21.9 Å². The lowest BCUT2D eigenvalue weighted by molar-refractivity contribution is 0.102. The minimum absolute atomic E-state index is 0.167. The molecule has 106 valence electrons. The molecule has 0 fully saturated rings. The highest BCUT2D eigenvalue weighted by molar-refractivity contribution is 6.05.